The summed E-state index contributed by atoms with van der Waals surface area (Å²) >= 11 is 0. The van der Waals surface area contributed by atoms with E-state index in [1.165, 1.54) is 4.90 Å². The highest BCUT2D eigenvalue weighted by Gasteiger charge is 2.34. The predicted molar refractivity (Wildman–Crippen MR) is 73.8 cm³/mol. The van der Waals surface area contributed by atoms with Crippen molar-refractivity contribution in [3.8, 4) is 0 Å². The first kappa shape index (κ1) is 14.5. The number of β-amino-alcohol motifs (C(OH)–C–C–N with tert-alkyl or cyclic N) is 1. The van der Waals surface area contributed by atoms with Gasteiger partial charge in [0.05, 0.1) is 30.1 Å². The Hall–Kier alpha value is -1.89. The Morgan fingerprint density at radius 2 is 2.20 bits per heavy atom. The molecule has 1 amide bonds. The molecule has 20 heavy (non-hydrogen) atoms. The lowest BCUT2D eigenvalue weighted by Crippen LogP contribution is -2.33. The molecule has 1 aliphatic rings. The van der Waals surface area contributed by atoms with Gasteiger partial charge < -0.3 is 20.4 Å². The lowest BCUT2D eigenvalue weighted by molar-refractivity contribution is 0.139. The number of aryl methyl sites for hydroxylation is 2. The summed E-state index contributed by atoms with van der Waals surface area (Å²) in [6.07, 6.45) is 1.50. The average molecular weight is 280 g/mol. The van der Waals surface area contributed by atoms with Crippen molar-refractivity contribution in [3.05, 3.63) is 17.6 Å². The van der Waals surface area contributed by atoms with Gasteiger partial charge in [0.15, 0.2) is 0 Å². The molecule has 2 unspecified atom stereocenters. The Morgan fingerprint density at radius 3 is 2.75 bits per heavy atom. The number of anilines is 1. The molecule has 0 radical (unpaired) electrons. The quantitative estimate of drug-likeness (QED) is 0.752. The molecule has 110 valence electrons. The molecule has 0 aromatic carbocycles. The van der Waals surface area contributed by atoms with E-state index in [-0.39, 0.29) is 19.1 Å². The number of carbonyl (C=O) groups is 1. The Balaban J connectivity index is 2.15. The summed E-state index contributed by atoms with van der Waals surface area (Å²) in [7, 11) is 0. The SMILES string of the molecule is CCc1cnc(CC)c(NC2CN(C(=O)O)CC2O)n1. The molecule has 0 spiro atoms. The monoisotopic (exact) mass is 280 g/mol. The van der Waals surface area contributed by atoms with Gasteiger partial charge in [-0.25, -0.2) is 9.78 Å². The van der Waals surface area contributed by atoms with Crippen LogP contribution in [0.15, 0.2) is 6.20 Å². The van der Waals surface area contributed by atoms with Crippen LogP contribution in [0.2, 0.25) is 0 Å². The van der Waals surface area contributed by atoms with Crippen LogP contribution in [0.3, 0.4) is 0 Å². The van der Waals surface area contributed by atoms with Gasteiger partial charge in [0.2, 0.25) is 0 Å². The normalized spacial score (nSPS) is 22.1. The van der Waals surface area contributed by atoms with Crippen LogP contribution in [0.25, 0.3) is 0 Å². The molecule has 1 fully saturated rings. The number of rotatable bonds is 4. The first-order valence-corrected chi connectivity index (χ1v) is 6.82. The Morgan fingerprint density at radius 1 is 1.45 bits per heavy atom. The molecule has 2 rings (SSSR count). The van der Waals surface area contributed by atoms with E-state index in [0.717, 1.165) is 24.2 Å². The summed E-state index contributed by atoms with van der Waals surface area (Å²) in [4.78, 5) is 21.0. The lowest BCUT2D eigenvalue weighted by Gasteiger charge is -2.18. The van der Waals surface area contributed by atoms with Gasteiger partial charge in [0.1, 0.15) is 5.82 Å². The highest BCUT2D eigenvalue weighted by atomic mass is 16.4. The average Bonchev–Trinajstić information content (AvgIpc) is 2.80. The van der Waals surface area contributed by atoms with E-state index >= 15 is 0 Å². The minimum Gasteiger partial charge on any atom is -0.465 e. The van der Waals surface area contributed by atoms with Crippen LogP contribution in [0.5, 0.6) is 0 Å². The Bertz CT molecular complexity index is 495. The minimum atomic E-state index is -1.02. The molecule has 3 N–H and O–H groups in total. The van der Waals surface area contributed by atoms with Crippen molar-refractivity contribution in [2.45, 2.75) is 38.8 Å². The van der Waals surface area contributed by atoms with Crippen LogP contribution in [0.1, 0.15) is 25.2 Å². The molecule has 1 aromatic rings. The van der Waals surface area contributed by atoms with E-state index in [2.05, 4.69) is 15.3 Å². The van der Waals surface area contributed by atoms with E-state index in [9.17, 15) is 9.90 Å². The zero-order valence-electron chi connectivity index (χ0n) is 11.7. The summed E-state index contributed by atoms with van der Waals surface area (Å²) < 4.78 is 0. The van der Waals surface area contributed by atoms with Gasteiger partial charge in [-0.3, -0.25) is 4.98 Å². The second kappa shape index (κ2) is 6.04. The first-order valence-electron chi connectivity index (χ1n) is 6.82. The summed E-state index contributed by atoms with van der Waals surface area (Å²) in [6, 6.07) is -0.349. The molecule has 2 atom stereocenters. The number of aliphatic hydroxyl groups excluding tert-OH is 1. The molecule has 2 heterocycles. The van der Waals surface area contributed by atoms with Gasteiger partial charge in [-0.2, -0.15) is 0 Å². The number of hydrogen-bond acceptors (Lipinski definition) is 5. The van der Waals surface area contributed by atoms with Crippen LogP contribution in [-0.2, 0) is 12.8 Å². The van der Waals surface area contributed by atoms with Crippen molar-refractivity contribution in [3.63, 3.8) is 0 Å². The third kappa shape index (κ3) is 2.98. The maximum Gasteiger partial charge on any atom is 0.407 e. The maximum atomic E-state index is 10.9. The van der Waals surface area contributed by atoms with Crippen molar-refractivity contribution in [1.29, 1.82) is 0 Å². The summed E-state index contributed by atoms with van der Waals surface area (Å²) in [5.74, 6) is 0.642. The predicted octanol–water partition coefficient (Wildman–Crippen LogP) is 0.736. The number of aliphatic hydroxyl groups is 1. The largest absolute Gasteiger partial charge is 0.465 e. The van der Waals surface area contributed by atoms with E-state index < -0.39 is 12.2 Å². The summed E-state index contributed by atoms with van der Waals surface area (Å²) in [5, 5.41) is 22.0. The molecule has 1 aromatic heterocycles. The molecular weight excluding hydrogens is 260 g/mol. The van der Waals surface area contributed by atoms with Crippen molar-refractivity contribution >= 4 is 11.9 Å². The Labute approximate surface area is 117 Å². The van der Waals surface area contributed by atoms with E-state index in [4.69, 9.17) is 5.11 Å². The van der Waals surface area contributed by atoms with Gasteiger partial charge in [0, 0.05) is 12.7 Å². The molecule has 7 nitrogen and oxygen atoms in total. The van der Waals surface area contributed by atoms with Crippen molar-refractivity contribution in [2.24, 2.45) is 0 Å². The van der Waals surface area contributed by atoms with Gasteiger partial charge in [-0.1, -0.05) is 13.8 Å². The first-order chi connectivity index (χ1) is 9.55. The highest BCUT2D eigenvalue weighted by molar-refractivity contribution is 5.65. The van der Waals surface area contributed by atoms with Crippen molar-refractivity contribution in [1.82, 2.24) is 14.9 Å². The number of hydrogen-bond donors (Lipinski definition) is 3. The highest BCUT2D eigenvalue weighted by Crippen LogP contribution is 2.18. The van der Waals surface area contributed by atoms with Crippen LogP contribution < -0.4 is 5.32 Å². The number of likely N-dealkylation sites (tertiary alicyclic amines) is 1. The second-order valence-electron chi connectivity index (χ2n) is 4.87. The zero-order valence-corrected chi connectivity index (χ0v) is 11.7. The van der Waals surface area contributed by atoms with Crippen LogP contribution >= 0.6 is 0 Å². The van der Waals surface area contributed by atoms with Gasteiger partial charge in [0.25, 0.3) is 0 Å². The van der Waals surface area contributed by atoms with E-state index in [0.29, 0.717) is 5.82 Å². The summed E-state index contributed by atoms with van der Waals surface area (Å²) in [6.45, 7) is 4.35. The fourth-order valence-corrected chi connectivity index (χ4v) is 2.26. The second-order valence-corrected chi connectivity index (χ2v) is 4.87. The smallest absolute Gasteiger partial charge is 0.407 e. The van der Waals surface area contributed by atoms with E-state index in [1.807, 2.05) is 13.8 Å². The molecule has 1 saturated heterocycles. The van der Waals surface area contributed by atoms with Crippen LogP contribution in [0, 0.1) is 0 Å². The topological polar surface area (TPSA) is 98.6 Å². The lowest BCUT2D eigenvalue weighted by atomic mass is 10.2. The van der Waals surface area contributed by atoms with Crippen LogP contribution in [0.4, 0.5) is 10.6 Å². The fraction of sp³-hybridized carbons (Fsp3) is 0.615. The molecule has 0 aliphatic carbocycles. The Kier molecular flexibility index (Phi) is 4.39. The number of nitrogens with one attached hydrogen (secondary N) is 1. The summed E-state index contributed by atoms with van der Waals surface area (Å²) in [5.41, 5.74) is 1.69. The van der Waals surface area contributed by atoms with Crippen molar-refractivity contribution in [2.75, 3.05) is 18.4 Å². The number of carboxylic acid groups (broad SMARTS) is 1. The molecule has 0 bridgehead atoms. The molecule has 7 heteroatoms. The van der Waals surface area contributed by atoms with Gasteiger partial charge in [-0.05, 0) is 12.8 Å². The number of aromatic nitrogens is 2. The molecule has 0 saturated carbocycles. The third-order valence-electron chi connectivity index (χ3n) is 3.48. The number of amides is 1. The standard InChI is InChI=1S/C13H20N4O3/c1-3-8-5-14-9(4-2)12(15-8)16-10-6-17(13(19)20)7-11(10)18/h5,10-11,18H,3-4,6-7H2,1-2H3,(H,15,16)(H,19,20). The zero-order chi connectivity index (χ0) is 14.7. The fourth-order valence-electron chi connectivity index (χ4n) is 2.26. The maximum absolute atomic E-state index is 10.9. The van der Waals surface area contributed by atoms with Gasteiger partial charge in [-0.15, -0.1) is 0 Å². The minimum absolute atomic E-state index is 0.120. The van der Waals surface area contributed by atoms with Crippen LogP contribution in [-0.4, -0.2) is 56.4 Å². The van der Waals surface area contributed by atoms with Gasteiger partial charge >= 0.3 is 6.09 Å². The number of nitrogens with zero attached hydrogens (tertiary/aromatic N) is 3. The van der Waals surface area contributed by atoms with Crippen molar-refractivity contribution < 1.29 is 15.0 Å². The third-order valence-corrected chi connectivity index (χ3v) is 3.48. The molecule has 1 aliphatic heterocycles. The molecular formula is C13H20N4O3. The van der Waals surface area contributed by atoms with E-state index in [1.54, 1.807) is 6.20 Å².